The summed E-state index contributed by atoms with van der Waals surface area (Å²) in [7, 11) is 0. The Kier molecular flexibility index (Phi) is 3.38. The van der Waals surface area contributed by atoms with Gasteiger partial charge in [-0.25, -0.2) is 9.97 Å². The van der Waals surface area contributed by atoms with E-state index in [9.17, 15) is 0 Å². The number of aromatic amines is 1. The van der Waals surface area contributed by atoms with Crippen LogP contribution in [0.15, 0.2) is 6.33 Å². The van der Waals surface area contributed by atoms with Gasteiger partial charge in [0.25, 0.3) is 0 Å². The van der Waals surface area contributed by atoms with Crippen LogP contribution in [0.25, 0.3) is 10.8 Å². The quantitative estimate of drug-likeness (QED) is 0.888. The number of H-pyrrole nitrogens is 1. The van der Waals surface area contributed by atoms with E-state index in [-0.39, 0.29) is 0 Å². The van der Waals surface area contributed by atoms with E-state index in [1.54, 1.807) is 11.3 Å². The van der Waals surface area contributed by atoms with E-state index in [1.165, 1.54) is 29.7 Å². The minimum atomic E-state index is 0.418. The van der Waals surface area contributed by atoms with Crippen molar-refractivity contribution in [2.75, 3.05) is 6.54 Å². The molecule has 1 atom stereocenters. The van der Waals surface area contributed by atoms with Gasteiger partial charge in [0.15, 0.2) is 10.8 Å². The topological polar surface area (TPSA) is 66.5 Å². The Labute approximate surface area is 110 Å². The lowest BCUT2D eigenvalue weighted by atomic mass is 9.97. The molecule has 2 heterocycles. The van der Waals surface area contributed by atoms with Crippen molar-refractivity contribution < 1.29 is 0 Å². The van der Waals surface area contributed by atoms with Gasteiger partial charge in [0.1, 0.15) is 6.33 Å². The van der Waals surface area contributed by atoms with Gasteiger partial charge >= 0.3 is 0 Å². The fourth-order valence-electron chi connectivity index (χ4n) is 2.35. The van der Waals surface area contributed by atoms with Gasteiger partial charge in [0.05, 0.1) is 11.7 Å². The van der Waals surface area contributed by atoms with Crippen LogP contribution in [0.3, 0.4) is 0 Å². The highest BCUT2D eigenvalue weighted by Crippen LogP contribution is 2.35. The first-order valence-corrected chi connectivity index (χ1v) is 7.29. The molecule has 0 saturated heterocycles. The van der Waals surface area contributed by atoms with Crippen LogP contribution in [0.5, 0.6) is 0 Å². The van der Waals surface area contributed by atoms with E-state index in [0.717, 1.165) is 30.2 Å². The van der Waals surface area contributed by atoms with Crippen molar-refractivity contribution in [2.45, 2.75) is 38.6 Å². The van der Waals surface area contributed by atoms with Gasteiger partial charge in [0.2, 0.25) is 0 Å². The number of nitrogens with one attached hydrogen (secondary N) is 2. The summed E-state index contributed by atoms with van der Waals surface area (Å²) < 4.78 is 0. The second-order valence-corrected chi connectivity index (χ2v) is 5.64. The summed E-state index contributed by atoms with van der Waals surface area (Å²) in [5, 5.41) is 11.3. The van der Waals surface area contributed by atoms with E-state index >= 15 is 0 Å². The second kappa shape index (κ2) is 5.16. The summed E-state index contributed by atoms with van der Waals surface area (Å²) in [6, 6.07) is 0.418. The van der Waals surface area contributed by atoms with Gasteiger partial charge in [-0.15, -0.1) is 11.3 Å². The van der Waals surface area contributed by atoms with Crippen LogP contribution < -0.4 is 5.32 Å². The average Bonchev–Trinajstić information content (AvgIpc) is 3.03. The lowest BCUT2D eigenvalue weighted by Crippen LogP contribution is -2.25. The Morgan fingerprint density at radius 3 is 3.28 bits per heavy atom. The zero-order chi connectivity index (χ0) is 12.4. The normalized spacial score (nSPS) is 18.8. The number of aromatic nitrogens is 4. The molecule has 1 unspecified atom stereocenters. The molecule has 18 heavy (non-hydrogen) atoms. The highest BCUT2D eigenvalue weighted by molar-refractivity contribution is 7.15. The first kappa shape index (κ1) is 11.8. The van der Waals surface area contributed by atoms with Crippen molar-refractivity contribution in [1.82, 2.24) is 25.5 Å². The Bertz CT molecular complexity index is 505. The second-order valence-electron chi connectivity index (χ2n) is 4.56. The highest BCUT2D eigenvalue weighted by Gasteiger charge is 2.25. The molecule has 3 rings (SSSR count). The van der Waals surface area contributed by atoms with E-state index < -0.39 is 0 Å². The van der Waals surface area contributed by atoms with Crippen LogP contribution in [0, 0.1) is 0 Å². The molecule has 0 spiro atoms. The predicted molar refractivity (Wildman–Crippen MR) is 71.5 cm³/mol. The molecule has 6 heteroatoms. The maximum absolute atomic E-state index is 4.75. The molecule has 2 N–H and O–H groups in total. The lowest BCUT2D eigenvalue weighted by molar-refractivity contribution is 0.454. The van der Waals surface area contributed by atoms with E-state index in [0.29, 0.717) is 6.04 Å². The molecule has 1 aliphatic rings. The molecule has 1 aliphatic carbocycles. The monoisotopic (exact) mass is 263 g/mol. The fourth-order valence-corrected chi connectivity index (χ4v) is 3.46. The molecule has 5 nitrogen and oxygen atoms in total. The molecule has 2 aromatic heterocycles. The number of hydrogen-bond acceptors (Lipinski definition) is 5. The van der Waals surface area contributed by atoms with Crippen molar-refractivity contribution in [3.8, 4) is 10.8 Å². The third-order valence-electron chi connectivity index (χ3n) is 3.21. The number of nitrogens with zero attached hydrogens (tertiary/aromatic N) is 3. The van der Waals surface area contributed by atoms with Gasteiger partial charge < -0.3 is 5.32 Å². The van der Waals surface area contributed by atoms with Crippen LogP contribution in [-0.2, 0) is 6.42 Å². The molecule has 0 aromatic carbocycles. The maximum Gasteiger partial charge on any atom is 0.184 e. The Morgan fingerprint density at radius 2 is 2.50 bits per heavy atom. The molecule has 2 aromatic rings. The van der Waals surface area contributed by atoms with Crippen LogP contribution in [0.4, 0.5) is 0 Å². The summed E-state index contributed by atoms with van der Waals surface area (Å²) in [4.78, 5) is 10.3. The van der Waals surface area contributed by atoms with Gasteiger partial charge in [-0.1, -0.05) is 6.92 Å². The summed E-state index contributed by atoms with van der Waals surface area (Å²) >= 11 is 1.75. The third kappa shape index (κ3) is 2.18. The molecular formula is C12H17N5S. The lowest BCUT2D eigenvalue weighted by Gasteiger charge is -2.21. The van der Waals surface area contributed by atoms with Crippen molar-refractivity contribution in [1.29, 1.82) is 0 Å². The maximum atomic E-state index is 4.75. The number of rotatable bonds is 4. The minimum Gasteiger partial charge on any atom is -0.309 e. The van der Waals surface area contributed by atoms with Gasteiger partial charge in [-0.05, 0) is 32.2 Å². The van der Waals surface area contributed by atoms with Gasteiger partial charge in [-0.2, -0.15) is 5.10 Å². The molecule has 96 valence electrons. The van der Waals surface area contributed by atoms with Crippen molar-refractivity contribution >= 4 is 11.3 Å². The number of fused-ring (bicyclic) bond motifs is 1. The van der Waals surface area contributed by atoms with Crippen LogP contribution >= 0.6 is 11.3 Å². The average molecular weight is 263 g/mol. The first-order valence-electron chi connectivity index (χ1n) is 6.47. The zero-order valence-electron chi connectivity index (χ0n) is 10.4. The standard InChI is InChI=1S/C12H17N5S/c1-2-6-13-8-4-3-5-9-10(8)16-12(18-9)11-14-7-15-17-11/h7-8,13H,2-6H2,1H3,(H,14,15,17). The molecule has 0 bridgehead atoms. The Balaban J connectivity index is 1.88. The molecule has 0 radical (unpaired) electrons. The predicted octanol–water partition coefficient (Wildman–Crippen LogP) is 2.31. The van der Waals surface area contributed by atoms with Crippen molar-refractivity contribution in [2.24, 2.45) is 0 Å². The Hall–Kier alpha value is -1.27. The molecule has 0 saturated carbocycles. The van der Waals surface area contributed by atoms with E-state index in [1.807, 2.05) is 0 Å². The molecule has 0 amide bonds. The highest BCUT2D eigenvalue weighted by atomic mass is 32.1. The summed E-state index contributed by atoms with van der Waals surface area (Å²) in [6.45, 7) is 3.25. The van der Waals surface area contributed by atoms with Gasteiger partial charge in [0, 0.05) is 4.88 Å². The molecule has 0 fully saturated rings. The SMILES string of the molecule is CCCNC1CCCc2sc(-c3ncn[nH]3)nc21. The smallest absolute Gasteiger partial charge is 0.184 e. The minimum absolute atomic E-state index is 0.418. The van der Waals surface area contributed by atoms with Crippen molar-refractivity contribution in [3.05, 3.63) is 16.9 Å². The first-order chi connectivity index (χ1) is 8.88. The summed E-state index contributed by atoms with van der Waals surface area (Å²) in [6.07, 6.45) is 6.26. The molecular weight excluding hydrogens is 246 g/mol. The number of thiazole rings is 1. The molecule has 0 aliphatic heterocycles. The summed E-state index contributed by atoms with van der Waals surface area (Å²) in [5.41, 5.74) is 1.23. The number of hydrogen-bond donors (Lipinski definition) is 2. The van der Waals surface area contributed by atoms with Crippen LogP contribution in [0.2, 0.25) is 0 Å². The van der Waals surface area contributed by atoms with Crippen LogP contribution in [0.1, 0.15) is 42.8 Å². The Morgan fingerprint density at radius 1 is 1.56 bits per heavy atom. The third-order valence-corrected chi connectivity index (χ3v) is 4.35. The zero-order valence-corrected chi connectivity index (χ0v) is 11.3. The van der Waals surface area contributed by atoms with E-state index in [2.05, 4.69) is 27.4 Å². The fraction of sp³-hybridized carbons (Fsp3) is 0.583. The van der Waals surface area contributed by atoms with Crippen LogP contribution in [-0.4, -0.2) is 26.7 Å². The summed E-state index contributed by atoms with van der Waals surface area (Å²) in [5.74, 6) is 0.781. The van der Waals surface area contributed by atoms with E-state index in [4.69, 9.17) is 4.98 Å². The largest absolute Gasteiger partial charge is 0.309 e. The number of aryl methyl sites for hydroxylation is 1. The van der Waals surface area contributed by atoms with Gasteiger partial charge in [-0.3, -0.25) is 5.10 Å². The van der Waals surface area contributed by atoms with Crippen molar-refractivity contribution in [3.63, 3.8) is 0 Å².